The lowest BCUT2D eigenvalue weighted by atomic mass is 10.1. The van der Waals surface area contributed by atoms with Crippen molar-refractivity contribution in [3.8, 4) is 0 Å². The molecule has 0 saturated carbocycles. The molecule has 0 atom stereocenters. The van der Waals surface area contributed by atoms with Gasteiger partial charge in [-0.3, -0.25) is 4.79 Å². The van der Waals surface area contributed by atoms with E-state index < -0.39 is 0 Å². The number of nitrogens with two attached hydrogens (primary N) is 1. The molecule has 0 bridgehead atoms. The topological polar surface area (TPSA) is 90.6 Å². The lowest BCUT2D eigenvalue weighted by Gasteiger charge is -2.17. The Morgan fingerprint density at radius 1 is 1.20 bits per heavy atom. The number of carbonyl (C=O) groups is 1. The van der Waals surface area contributed by atoms with Crippen molar-refractivity contribution in [2.24, 2.45) is 0 Å². The highest BCUT2D eigenvalue weighted by molar-refractivity contribution is 7.16. The van der Waals surface area contributed by atoms with E-state index in [1.807, 2.05) is 59.5 Å². The Balaban J connectivity index is 1.50. The second kappa shape index (κ2) is 8.61. The highest BCUT2D eigenvalue weighted by Crippen LogP contribution is 2.33. The zero-order valence-electron chi connectivity index (χ0n) is 16.5. The molecule has 0 radical (unpaired) electrons. The molecule has 0 unspecified atom stereocenters. The van der Waals surface area contributed by atoms with E-state index >= 15 is 0 Å². The quantitative estimate of drug-likeness (QED) is 0.443. The molecule has 1 aliphatic rings. The highest BCUT2D eigenvalue weighted by atomic mass is 32.1. The lowest BCUT2D eigenvalue weighted by Crippen LogP contribution is -2.23. The third-order valence-electron chi connectivity index (χ3n) is 4.99. The number of nitrogen functional groups attached to an aromatic ring is 1. The van der Waals surface area contributed by atoms with Gasteiger partial charge in [-0.05, 0) is 42.0 Å². The van der Waals surface area contributed by atoms with Crippen LogP contribution in [0.25, 0.3) is 5.70 Å². The molecule has 7 heteroatoms. The van der Waals surface area contributed by atoms with Crippen LogP contribution in [0.15, 0.2) is 61.2 Å². The number of nitrogens with zero attached hydrogens (tertiary/aromatic N) is 1. The minimum Gasteiger partial charge on any atom is -0.395 e. The molecule has 4 rings (SSSR count). The van der Waals surface area contributed by atoms with Crippen LogP contribution < -0.4 is 16.4 Å². The van der Waals surface area contributed by atoms with Crippen molar-refractivity contribution in [1.82, 2.24) is 4.90 Å². The van der Waals surface area contributed by atoms with Crippen molar-refractivity contribution < 1.29 is 9.90 Å². The van der Waals surface area contributed by atoms with Crippen LogP contribution in [0.2, 0.25) is 0 Å². The molecule has 0 saturated heterocycles. The Morgan fingerprint density at radius 3 is 2.80 bits per heavy atom. The summed E-state index contributed by atoms with van der Waals surface area (Å²) in [6.07, 6.45) is 0. The molecule has 2 aromatic carbocycles. The number of thiophene rings is 1. The van der Waals surface area contributed by atoms with E-state index in [0.717, 1.165) is 38.1 Å². The maximum atomic E-state index is 13.0. The SMILES string of the molecule is C=C(Nc1cccc2c1CN(Cc1cccc(NCCO)c1)C2=O)c1ccc(N)s1. The Hall–Kier alpha value is -3.29. The van der Waals surface area contributed by atoms with Crippen LogP contribution in [0.4, 0.5) is 16.4 Å². The standard InChI is InChI=1S/C23H24N4O2S/c1-15(21-8-9-22(24)30-21)26-20-7-3-6-18-19(20)14-27(23(18)29)13-16-4-2-5-17(12-16)25-10-11-28/h2-9,12,25-26,28H,1,10-11,13-14,24H2. The maximum Gasteiger partial charge on any atom is 0.254 e. The van der Waals surface area contributed by atoms with Crippen molar-refractivity contribution in [3.05, 3.63) is 82.7 Å². The van der Waals surface area contributed by atoms with Gasteiger partial charge in [0.25, 0.3) is 5.91 Å². The van der Waals surface area contributed by atoms with Gasteiger partial charge in [0, 0.05) is 47.8 Å². The van der Waals surface area contributed by atoms with Gasteiger partial charge in [-0.1, -0.05) is 24.8 Å². The molecule has 0 aliphatic carbocycles. The number of aliphatic hydroxyl groups excluding tert-OH is 1. The van der Waals surface area contributed by atoms with Gasteiger partial charge in [-0.25, -0.2) is 0 Å². The largest absolute Gasteiger partial charge is 0.395 e. The van der Waals surface area contributed by atoms with Gasteiger partial charge in [-0.15, -0.1) is 11.3 Å². The molecule has 1 aliphatic heterocycles. The van der Waals surface area contributed by atoms with Crippen LogP contribution in [-0.4, -0.2) is 29.1 Å². The van der Waals surface area contributed by atoms with Gasteiger partial charge >= 0.3 is 0 Å². The van der Waals surface area contributed by atoms with Crippen molar-refractivity contribution in [3.63, 3.8) is 0 Å². The highest BCUT2D eigenvalue weighted by Gasteiger charge is 2.29. The minimum absolute atomic E-state index is 0.0216. The zero-order valence-corrected chi connectivity index (χ0v) is 17.3. The summed E-state index contributed by atoms with van der Waals surface area (Å²) in [5, 5.41) is 16.2. The molecule has 30 heavy (non-hydrogen) atoms. The number of fused-ring (bicyclic) bond motifs is 1. The summed E-state index contributed by atoms with van der Waals surface area (Å²) in [5.41, 5.74) is 11.1. The van der Waals surface area contributed by atoms with Crippen molar-refractivity contribution in [1.29, 1.82) is 0 Å². The number of amides is 1. The fraction of sp³-hybridized carbons (Fsp3) is 0.174. The van der Waals surface area contributed by atoms with E-state index in [2.05, 4.69) is 17.2 Å². The molecule has 0 spiro atoms. The number of anilines is 3. The molecule has 2 heterocycles. The van der Waals surface area contributed by atoms with E-state index in [1.54, 1.807) is 0 Å². The van der Waals surface area contributed by atoms with Crippen LogP contribution >= 0.6 is 11.3 Å². The van der Waals surface area contributed by atoms with Crippen LogP contribution in [0, 0.1) is 0 Å². The number of hydrogen-bond donors (Lipinski definition) is 4. The van der Waals surface area contributed by atoms with Crippen LogP contribution in [0.3, 0.4) is 0 Å². The third-order valence-corrected chi connectivity index (χ3v) is 5.97. The average Bonchev–Trinajstić information content (AvgIpc) is 3.31. The van der Waals surface area contributed by atoms with Crippen LogP contribution in [0.1, 0.15) is 26.4 Å². The second-order valence-electron chi connectivity index (χ2n) is 7.15. The summed E-state index contributed by atoms with van der Waals surface area (Å²) in [5.74, 6) is 0.0216. The molecule has 6 nitrogen and oxygen atoms in total. The van der Waals surface area contributed by atoms with Crippen LogP contribution in [0.5, 0.6) is 0 Å². The predicted molar refractivity (Wildman–Crippen MR) is 123 cm³/mol. The van der Waals surface area contributed by atoms with E-state index in [1.165, 1.54) is 11.3 Å². The third kappa shape index (κ3) is 4.17. The molecule has 5 N–H and O–H groups in total. The smallest absolute Gasteiger partial charge is 0.254 e. The molecule has 0 fully saturated rings. The van der Waals surface area contributed by atoms with E-state index in [9.17, 15) is 4.79 Å². The first-order valence-electron chi connectivity index (χ1n) is 9.71. The fourth-order valence-electron chi connectivity index (χ4n) is 3.57. The van der Waals surface area contributed by atoms with Gasteiger partial charge in [0.15, 0.2) is 0 Å². The Bertz CT molecular complexity index is 1090. The number of carbonyl (C=O) groups excluding carboxylic acids is 1. The first-order valence-corrected chi connectivity index (χ1v) is 10.5. The molecule has 1 amide bonds. The summed E-state index contributed by atoms with van der Waals surface area (Å²) in [6.45, 7) is 5.74. The van der Waals surface area contributed by atoms with E-state index in [0.29, 0.717) is 25.2 Å². The van der Waals surface area contributed by atoms with Crippen molar-refractivity contribution in [2.75, 3.05) is 29.5 Å². The fourth-order valence-corrected chi connectivity index (χ4v) is 4.28. The predicted octanol–water partition coefficient (Wildman–Crippen LogP) is 3.97. The number of nitrogens with one attached hydrogen (secondary N) is 2. The number of benzene rings is 2. The maximum absolute atomic E-state index is 13.0. The lowest BCUT2D eigenvalue weighted by molar-refractivity contribution is 0.0767. The normalized spacial score (nSPS) is 12.7. The van der Waals surface area contributed by atoms with Gasteiger partial charge in [0.05, 0.1) is 16.5 Å². The second-order valence-corrected chi connectivity index (χ2v) is 8.26. The summed E-state index contributed by atoms with van der Waals surface area (Å²) in [6, 6.07) is 17.4. The number of hydrogen-bond acceptors (Lipinski definition) is 6. The van der Waals surface area contributed by atoms with Gasteiger partial charge in [-0.2, -0.15) is 0 Å². The Kier molecular flexibility index (Phi) is 5.74. The number of aliphatic hydroxyl groups is 1. The molecule has 3 aromatic rings. The molecular formula is C23H24N4O2S. The van der Waals surface area contributed by atoms with Crippen molar-refractivity contribution >= 4 is 39.3 Å². The monoisotopic (exact) mass is 420 g/mol. The van der Waals surface area contributed by atoms with Gasteiger partial charge in [0.1, 0.15) is 0 Å². The molecular weight excluding hydrogens is 396 g/mol. The summed E-state index contributed by atoms with van der Waals surface area (Å²) >= 11 is 1.47. The Labute approximate surface area is 179 Å². The summed E-state index contributed by atoms with van der Waals surface area (Å²) < 4.78 is 0. The van der Waals surface area contributed by atoms with Gasteiger partial charge < -0.3 is 26.4 Å². The average molecular weight is 421 g/mol. The zero-order chi connectivity index (χ0) is 21.1. The van der Waals surface area contributed by atoms with Crippen molar-refractivity contribution in [2.45, 2.75) is 13.1 Å². The first-order chi connectivity index (χ1) is 14.5. The van der Waals surface area contributed by atoms with E-state index in [4.69, 9.17) is 10.8 Å². The minimum atomic E-state index is 0.0216. The summed E-state index contributed by atoms with van der Waals surface area (Å²) in [4.78, 5) is 15.8. The molecule has 1 aromatic heterocycles. The van der Waals surface area contributed by atoms with E-state index in [-0.39, 0.29) is 12.5 Å². The summed E-state index contributed by atoms with van der Waals surface area (Å²) in [7, 11) is 0. The molecule has 154 valence electrons. The van der Waals surface area contributed by atoms with Gasteiger partial charge in [0.2, 0.25) is 0 Å². The van der Waals surface area contributed by atoms with Crippen LogP contribution in [-0.2, 0) is 13.1 Å². The number of rotatable bonds is 8. The Morgan fingerprint density at radius 2 is 2.03 bits per heavy atom. The first kappa shape index (κ1) is 20.0.